The first-order valence-corrected chi connectivity index (χ1v) is 9.47. The van der Waals surface area contributed by atoms with Crippen LogP contribution >= 0.6 is 0 Å². The summed E-state index contributed by atoms with van der Waals surface area (Å²) in [6.07, 6.45) is 5.11. The number of ether oxygens (including phenoxy) is 3. The third kappa shape index (κ3) is 7.84. The van der Waals surface area contributed by atoms with Gasteiger partial charge in [0.2, 0.25) is 0 Å². The highest BCUT2D eigenvalue weighted by atomic mass is 16.6. The molecule has 3 atom stereocenters. The molecule has 10 heteroatoms. The van der Waals surface area contributed by atoms with E-state index in [4.69, 9.17) is 9.47 Å². The van der Waals surface area contributed by atoms with E-state index in [1.165, 1.54) is 14.2 Å². The molecule has 0 aliphatic heterocycles. The topological polar surface area (TPSA) is 132 Å². The summed E-state index contributed by atoms with van der Waals surface area (Å²) >= 11 is 0. The maximum absolute atomic E-state index is 12.2. The van der Waals surface area contributed by atoms with Crippen LogP contribution in [0.5, 0.6) is 0 Å². The molecular formula is C21H25N3O7. The molecule has 0 saturated heterocycles. The third-order valence-electron chi connectivity index (χ3n) is 4.39. The molecule has 1 aromatic carbocycles. The first-order chi connectivity index (χ1) is 14.9. The van der Waals surface area contributed by atoms with Crippen LogP contribution in [0.2, 0.25) is 0 Å². The van der Waals surface area contributed by atoms with E-state index in [1.54, 1.807) is 12.2 Å². The average Bonchev–Trinajstić information content (AvgIpc) is 3.22. The summed E-state index contributed by atoms with van der Waals surface area (Å²) in [5.74, 6) is -1.73. The summed E-state index contributed by atoms with van der Waals surface area (Å²) in [6, 6.07) is 6.96. The van der Waals surface area contributed by atoms with E-state index < -0.39 is 42.0 Å². The number of esters is 1. The van der Waals surface area contributed by atoms with Crippen molar-refractivity contribution in [1.82, 2.24) is 16.0 Å². The van der Waals surface area contributed by atoms with Gasteiger partial charge in [-0.2, -0.15) is 0 Å². The molecule has 1 aliphatic rings. The summed E-state index contributed by atoms with van der Waals surface area (Å²) in [4.78, 5) is 47.8. The summed E-state index contributed by atoms with van der Waals surface area (Å²) in [5.41, 5.74) is 0.804. The number of amides is 4. The number of carbonyl (C=O) groups is 4. The van der Waals surface area contributed by atoms with Gasteiger partial charge in [-0.3, -0.25) is 10.1 Å². The predicted octanol–water partition coefficient (Wildman–Crippen LogP) is 1.38. The lowest BCUT2D eigenvalue weighted by molar-refractivity contribution is -0.144. The van der Waals surface area contributed by atoms with Gasteiger partial charge in [-0.05, 0) is 12.0 Å². The molecule has 1 unspecified atom stereocenters. The van der Waals surface area contributed by atoms with E-state index in [0.717, 1.165) is 17.9 Å². The van der Waals surface area contributed by atoms with Crippen molar-refractivity contribution in [2.45, 2.75) is 25.1 Å². The number of rotatable bonds is 8. The molecule has 0 bridgehead atoms. The lowest BCUT2D eigenvalue weighted by Crippen LogP contribution is -2.47. The number of urea groups is 1. The molecule has 0 radical (unpaired) electrons. The molecule has 10 nitrogen and oxygen atoms in total. The van der Waals surface area contributed by atoms with Crippen LogP contribution in [0.1, 0.15) is 12.0 Å². The molecular weight excluding hydrogens is 406 g/mol. The number of methoxy groups -OCH3 is 2. The summed E-state index contributed by atoms with van der Waals surface area (Å²) < 4.78 is 14.6. The molecule has 2 rings (SSSR count). The van der Waals surface area contributed by atoms with E-state index in [2.05, 4.69) is 20.7 Å². The summed E-state index contributed by atoms with van der Waals surface area (Å²) in [7, 11) is 2.59. The van der Waals surface area contributed by atoms with Gasteiger partial charge in [0, 0.05) is 18.0 Å². The number of benzene rings is 1. The largest absolute Gasteiger partial charge is 0.504 e. The quantitative estimate of drug-likeness (QED) is 0.245. The van der Waals surface area contributed by atoms with Gasteiger partial charge in [0.25, 0.3) is 5.91 Å². The Kier molecular flexibility index (Phi) is 9.09. The van der Waals surface area contributed by atoms with Crippen LogP contribution in [-0.2, 0) is 30.4 Å². The molecule has 0 heterocycles. The molecule has 1 aliphatic carbocycles. The highest BCUT2D eigenvalue weighted by Gasteiger charge is 2.34. The summed E-state index contributed by atoms with van der Waals surface area (Å²) in [6.45, 7) is 0.0525. The van der Waals surface area contributed by atoms with Gasteiger partial charge in [0.15, 0.2) is 0 Å². The van der Waals surface area contributed by atoms with E-state index in [-0.39, 0.29) is 6.61 Å². The zero-order valence-corrected chi connectivity index (χ0v) is 17.2. The van der Waals surface area contributed by atoms with Crippen molar-refractivity contribution in [3.63, 3.8) is 0 Å². The molecule has 0 saturated carbocycles. The van der Waals surface area contributed by atoms with Gasteiger partial charge < -0.3 is 24.8 Å². The number of nitrogens with one attached hydrogen (secondary N) is 3. The van der Waals surface area contributed by atoms with Crippen LogP contribution in [0.4, 0.5) is 9.59 Å². The number of hydrogen-bond donors (Lipinski definition) is 3. The fourth-order valence-electron chi connectivity index (χ4n) is 2.93. The number of imide groups is 1. The average molecular weight is 431 g/mol. The van der Waals surface area contributed by atoms with E-state index in [9.17, 15) is 19.2 Å². The van der Waals surface area contributed by atoms with Gasteiger partial charge in [-0.1, -0.05) is 42.5 Å². The molecule has 1 aromatic rings. The Bertz CT molecular complexity index is 839. The fourth-order valence-corrected chi connectivity index (χ4v) is 2.93. The Labute approximate surface area is 179 Å². The van der Waals surface area contributed by atoms with E-state index in [1.807, 2.05) is 30.3 Å². The van der Waals surface area contributed by atoms with E-state index >= 15 is 0 Å². The number of hydrogen-bond acceptors (Lipinski definition) is 7. The predicted molar refractivity (Wildman–Crippen MR) is 109 cm³/mol. The highest BCUT2D eigenvalue weighted by Crippen LogP contribution is 2.22. The lowest BCUT2D eigenvalue weighted by atomic mass is 9.98. The standard InChI is InChI=1S/C21H25N3O7/c1-29-11-10-17(25)23-20(27)22-16-9-8-15(12-16)18(19(26)30-2)24-21(28)31-13-14-6-4-3-5-7-14/h3-11,15-16,18H,12-13H2,1-2H3,(H,24,28)(H2,22,23,25,27)/b11-10+/t15-,16+,18?/m1/s1. The van der Waals surface area contributed by atoms with Crippen molar-refractivity contribution in [3.8, 4) is 0 Å². The van der Waals surface area contributed by atoms with Crippen molar-refractivity contribution < 1.29 is 33.4 Å². The molecule has 4 amide bonds. The fraction of sp³-hybridized carbons (Fsp3) is 0.333. The molecule has 0 spiro atoms. The maximum atomic E-state index is 12.2. The minimum Gasteiger partial charge on any atom is -0.504 e. The van der Waals surface area contributed by atoms with Crippen LogP contribution in [-0.4, -0.2) is 50.3 Å². The lowest BCUT2D eigenvalue weighted by Gasteiger charge is -2.22. The molecule has 31 heavy (non-hydrogen) atoms. The number of alkyl carbamates (subject to hydrolysis) is 1. The van der Waals surface area contributed by atoms with E-state index in [0.29, 0.717) is 6.42 Å². The molecule has 166 valence electrons. The van der Waals surface area contributed by atoms with Gasteiger partial charge >= 0.3 is 18.1 Å². The zero-order valence-electron chi connectivity index (χ0n) is 17.2. The Morgan fingerprint density at radius 3 is 2.55 bits per heavy atom. The normalized spacial score (nSPS) is 18.1. The second-order valence-electron chi connectivity index (χ2n) is 6.60. The van der Waals surface area contributed by atoms with Gasteiger partial charge in [-0.25, -0.2) is 14.4 Å². The zero-order chi connectivity index (χ0) is 22.6. The minimum atomic E-state index is -0.995. The monoisotopic (exact) mass is 431 g/mol. The maximum Gasteiger partial charge on any atom is 0.408 e. The second kappa shape index (κ2) is 12.0. The smallest absolute Gasteiger partial charge is 0.408 e. The Balaban J connectivity index is 1.87. The third-order valence-corrected chi connectivity index (χ3v) is 4.39. The Morgan fingerprint density at radius 1 is 1.13 bits per heavy atom. The van der Waals surface area contributed by atoms with Crippen molar-refractivity contribution >= 4 is 24.0 Å². The van der Waals surface area contributed by atoms with Crippen molar-refractivity contribution in [1.29, 1.82) is 0 Å². The van der Waals surface area contributed by atoms with Crippen molar-refractivity contribution in [3.05, 3.63) is 60.4 Å². The minimum absolute atomic E-state index is 0.0525. The summed E-state index contributed by atoms with van der Waals surface area (Å²) in [5, 5.41) is 7.23. The molecule has 3 N–H and O–H groups in total. The Morgan fingerprint density at radius 2 is 1.87 bits per heavy atom. The van der Waals surface area contributed by atoms with Gasteiger partial charge in [0.05, 0.1) is 20.5 Å². The van der Waals surface area contributed by atoms with Crippen LogP contribution in [0.15, 0.2) is 54.8 Å². The van der Waals surface area contributed by atoms with Crippen LogP contribution < -0.4 is 16.0 Å². The van der Waals surface area contributed by atoms with Gasteiger partial charge in [-0.15, -0.1) is 0 Å². The first kappa shape index (κ1) is 23.5. The first-order valence-electron chi connectivity index (χ1n) is 9.47. The SMILES string of the molecule is CO/C=C/C(=O)NC(=O)N[C@H]1C=C[C@@H](C(NC(=O)OCc2ccccc2)C(=O)OC)C1. The molecule has 0 aromatic heterocycles. The Hall–Kier alpha value is -3.82. The number of carbonyl (C=O) groups excluding carboxylic acids is 4. The van der Waals surface area contributed by atoms with Crippen molar-refractivity contribution in [2.24, 2.45) is 5.92 Å². The van der Waals surface area contributed by atoms with Crippen LogP contribution in [0.25, 0.3) is 0 Å². The second-order valence-corrected chi connectivity index (χ2v) is 6.60. The highest BCUT2D eigenvalue weighted by molar-refractivity contribution is 6.00. The van der Waals surface area contributed by atoms with Crippen LogP contribution in [0, 0.1) is 5.92 Å². The van der Waals surface area contributed by atoms with Crippen molar-refractivity contribution in [2.75, 3.05) is 14.2 Å². The van der Waals surface area contributed by atoms with Crippen LogP contribution in [0.3, 0.4) is 0 Å². The molecule has 0 fully saturated rings. The van der Waals surface area contributed by atoms with Gasteiger partial charge in [0.1, 0.15) is 12.6 Å².